The molecule has 5 heteroatoms. The lowest BCUT2D eigenvalue weighted by atomic mass is 10.2. The first kappa shape index (κ1) is 18.1. The third-order valence-corrected chi connectivity index (χ3v) is 3.74. The lowest BCUT2D eigenvalue weighted by molar-refractivity contribution is 0.102. The molecule has 0 fully saturated rings. The smallest absolute Gasteiger partial charge is 0.255 e. The van der Waals surface area contributed by atoms with Crippen molar-refractivity contribution >= 4 is 27.5 Å². The summed E-state index contributed by atoms with van der Waals surface area (Å²) in [6.45, 7) is 6.72. The molecule has 0 unspecified atom stereocenters. The summed E-state index contributed by atoms with van der Waals surface area (Å²) in [6, 6.07) is 12.5. The third-order valence-electron chi connectivity index (χ3n) is 3.12. The standard InChI is InChI=1S/C19H20BrNO3/c1-3-10-23-16-7-5-6-15(13-16)21-19(22)14-8-9-18(17(20)12-14)24-11-4-2/h3,5-9,12-13H,1,4,10-11H2,2H3,(H,21,22). The highest BCUT2D eigenvalue weighted by Gasteiger charge is 2.10. The van der Waals surface area contributed by atoms with E-state index in [-0.39, 0.29) is 5.91 Å². The van der Waals surface area contributed by atoms with Crippen molar-refractivity contribution in [2.45, 2.75) is 13.3 Å². The van der Waals surface area contributed by atoms with E-state index in [1.807, 2.05) is 25.1 Å². The van der Waals surface area contributed by atoms with Crippen LogP contribution in [0.2, 0.25) is 0 Å². The van der Waals surface area contributed by atoms with Gasteiger partial charge in [0.1, 0.15) is 18.1 Å². The van der Waals surface area contributed by atoms with Gasteiger partial charge in [-0.2, -0.15) is 0 Å². The van der Waals surface area contributed by atoms with Crippen molar-refractivity contribution in [2.24, 2.45) is 0 Å². The Bertz CT molecular complexity index is 716. The number of nitrogens with one attached hydrogen (secondary N) is 1. The van der Waals surface area contributed by atoms with E-state index in [0.717, 1.165) is 16.6 Å². The van der Waals surface area contributed by atoms with Crippen molar-refractivity contribution in [3.63, 3.8) is 0 Å². The number of hydrogen-bond donors (Lipinski definition) is 1. The highest BCUT2D eigenvalue weighted by atomic mass is 79.9. The number of hydrogen-bond acceptors (Lipinski definition) is 3. The van der Waals surface area contributed by atoms with E-state index in [9.17, 15) is 4.79 Å². The van der Waals surface area contributed by atoms with Crippen LogP contribution in [-0.2, 0) is 0 Å². The van der Waals surface area contributed by atoms with Crippen LogP contribution in [0.5, 0.6) is 11.5 Å². The van der Waals surface area contributed by atoms with E-state index in [0.29, 0.717) is 30.2 Å². The Morgan fingerprint density at radius 2 is 2.08 bits per heavy atom. The molecule has 2 aromatic rings. The number of halogens is 1. The minimum Gasteiger partial charge on any atom is -0.492 e. The van der Waals surface area contributed by atoms with Crippen LogP contribution in [0, 0.1) is 0 Å². The molecule has 0 aliphatic heterocycles. The fourth-order valence-electron chi connectivity index (χ4n) is 1.99. The molecule has 0 spiro atoms. The molecule has 0 atom stereocenters. The number of benzene rings is 2. The van der Waals surface area contributed by atoms with Gasteiger partial charge in [-0.3, -0.25) is 4.79 Å². The van der Waals surface area contributed by atoms with Crippen LogP contribution < -0.4 is 14.8 Å². The highest BCUT2D eigenvalue weighted by molar-refractivity contribution is 9.10. The summed E-state index contributed by atoms with van der Waals surface area (Å²) in [5, 5.41) is 2.86. The topological polar surface area (TPSA) is 47.6 Å². The van der Waals surface area contributed by atoms with Crippen molar-refractivity contribution in [3.05, 3.63) is 65.2 Å². The molecule has 2 aromatic carbocycles. The van der Waals surface area contributed by atoms with Crippen molar-refractivity contribution in [2.75, 3.05) is 18.5 Å². The number of rotatable bonds is 8. The van der Waals surface area contributed by atoms with Gasteiger partial charge < -0.3 is 14.8 Å². The van der Waals surface area contributed by atoms with E-state index in [4.69, 9.17) is 9.47 Å². The molecule has 126 valence electrons. The Labute approximate surface area is 150 Å². The van der Waals surface area contributed by atoms with Gasteiger partial charge in [-0.15, -0.1) is 0 Å². The zero-order valence-electron chi connectivity index (χ0n) is 13.5. The number of amides is 1. The van der Waals surface area contributed by atoms with Gasteiger partial charge in [0.2, 0.25) is 0 Å². The number of carbonyl (C=O) groups is 1. The van der Waals surface area contributed by atoms with Crippen molar-refractivity contribution in [3.8, 4) is 11.5 Å². The lowest BCUT2D eigenvalue weighted by Gasteiger charge is -2.10. The number of anilines is 1. The van der Waals surface area contributed by atoms with Gasteiger partial charge in [0.15, 0.2) is 0 Å². The van der Waals surface area contributed by atoms with Crippen molar-refractivity contribution < 1.29 is 14.3 Å². The van der Waals surface area contributed by atoms with Crippen molar-refractivity contribution in [1.29, 1.82) is 0 Å². The zero-order chi connectivity index (χ0) is 17.4. The van der Waals surface area contributed by atoms with E-state index in [1.54, 1.807) is 30.3 Å². The summed E-state index contributed by atoms with van der Waals surface area (Å²) < 4.78 is 11.8. The molecule has 0 aromatic heterocycles. The first-order chi connectivity index (χ1) is 11.6. The molecule has 4 nitrogen and oxygen atoms in total. The van der Waals surface area contributed by atoms with E-state index in [1.165, 1.54) is 0 Å². The van der Waals surface area contributed by atoms with Crippen LogP contribution in [0.3, 0.4) is 0 Å². The van der Waals surface area contributed by atoms with Crippen LogP contribution in [-0.4, -0.2) is 19.1 Å². The molecular formula is C19H20BrNO3. The molecule has 0 bridgehead atoms. The van der Waals surface area contributed by atoms with E-state index < -0.39 is 0 Å². The second-order valence-electron chi connectivity index (χ2n) is 5.08. The normalized spacial score (nSPS) is 10.1. The number of carbonyl (C=O) groups excluding carboxylic acids is 1. The molecule has 0 radical (unpaired) electrons. The Hall–Kier alpha value is -2.27. The maximum atomic E-state index is 12.4. The van der Waals surface area contributed by atoms with Gasteiger partial charge in [0, 0.05) is 17.3 Å². The van der Waals surface area contributed by atoms with E-state index in [2.05, 4.69) is 27.8 Å². The Balaban J connectivity index is 2.06. The molecular weight excluding hydrogens is 370 g/mol. The Kier molecular flexibility index (Phi) is 6.88. The summed E-state index contributed by atoms with van der Waals surface area (Å²) in [4.78, 5) is 12.4. The van der Waals surface area contributed by atoms with Crippen LogP contribution in [0.25, 0.3) is 0 Å². The average Bonchev–Trinajstić information content (AvgIpc) is 2.59. The average molecular weight is 390 g/mol. The first-order valence-electron chi connectivity index (χ1n) is 7.71. The molecule has 2 rings (SSSR count). The van der Waals surface area contributed by atoms with E-state index >= 15 is 0 Å². The van der Waals surface area contributed by atoms with Crippen molar-refractivity contribution in [1.82, 2.24) is 0 Å². The zero-order valence-corrected chi connectivity index (χ0v) is 15.1. The van der Waals surface area contributed by atoms with Crippen LogP contribution in [0.4, 0.5) is 5.69 Å². The Morgan fingerprint density at radius 3 is 2.79 bits per heavy atom. The summed E-state index contributed by atoms with van der Waals surface area (Å²) >= 11 is 3.44. The second kappa shape index (κ2) is 9.13. The third kappa shape index (κ3) is 5.13. The highest BCUT2D eigenvalue weighted by Crippen LogP contribution is 2.27. The number of ether oxygens (including phenoxy) is 2. The summed E-state index contributed by atoms with van der Waals surface area (Å²) in [7, 11) is 0. The van der Waals surface area contributed by atoms with Gasteiger partial charge >= 0.3 is 0 Å². The Morgan fingerprint density at radius 1 is 1.25 bits per heavy atom. The predicted molar refractivity (Wildman–Crippen MR) is 100 cm³/mol. The van der Waals surface area contributed by atoms with Gasteiger partial charge in [0.25, 0.3) is 5.91 Å². The fourth-order valence-corrected chi connectivity index (χ4v) is 2.49. The van der Waals surface area contributed by atoms with Crippen LogP contribution in [0.15, 0.2) is 59.6 Å². The SMILES string of the molecule is C=CCOc1cccc(NC(=O)c2ccc(OCCC)c(Br)c2)c1. The first-order valence-corrected chi connectivity index (χ1v) is 8.50. The second-order valence-corrected chi connectivity index (χ2v) is 5.93. The van der Waals surface area contributed by atoms with Crippen LogP contribution >= 0.6 is 15.9 Å². The largest absolute Gasteiger partial charge is 0.492 e. The molecule has 0 aliphatic rings. The molecule has 0 aliphatic carbocycles. The molecule has 0 saturated heterocycles. The maximum Gasteiger partial charge on any atom is 0.255 e. The van der Waals surface area contributed by atoms with Crippen LogP contribution in [0.1, 0.15) is 23.7 Å². The van der Waals surface area contributed by atoms with Gasteiger partial charge in [-0.05, 0) is 52.7 Å². The molecule has 24 heavy (non-hydrogen) atoms. The quantitative estimate of drug-likeness (QED) is 0.642. The monoisotopic (exact) mass is 389 g/mol. The predicted octanol–water partition coefficient (Wildman–Crippen LogP) is 5.06. The minimum atomic E-state index is -0.196. The summed E-state index contributed by atoms with van der Waals surface area (Å²) in [5.74, 6) is 1.21. The lowest BCUT2D eigenvalue weighted by Crippen LogP contribution is -2.12. The molecule has 1 amide bonds. The molecule has 1 N–H and O–H groups in total. The summed E-state index contributed by atoms with van der Waals surface area (Å²) in [6.07, 6.45) is 2.60. The molecule has 0 saturated carbocycles. The van der Waals surface area contributed by atoms with Gasteiger partial charge in [0.05, 0.1) is 11.1 Å². The molecule has 0 heterocycles. The minimum absolute atomic E-state index is 0.196. The van der Waals surface area contributed by atoms with Gasteiger partial charge in [-0.25, -0.2) is 0 Å². The maximum absolute atomic E-state index is 12.4. The summed E-state index contributed by atoms with van der Waals surface area (Å²) in [5.41, 5.74) is 1.21. The fraction of sp³-hybridized carbons (Fsp3) is 0.211. The van der Waals surface area contributed by atoms with Gasteiger partial charge in [-0.1, -0.05) is 25.6 Å².